The quantitative estimate of drug-likeness (QED) is 0.390. The number of guanidine groups is 1. The minimum Gasteiger partial charge on any atom is -0.493 e. The highest BCUT2D eigenvalue weighted by molar-refractivity contribution is 14.0. The third-order valence-electron chi connectivity index (χ3n) is 3.13. The zero-order valence-corrected chi connectivity index (χ0v) is 17.1. The van der Waals surface area contributed by atoms with Crippen LogP contribution in [0.4, 0.5) is 0 Å². The number of aliphatic imine (C=N–C) groups is 1. The molecule has 1 rings (SSSR count). The second-order valence-corrected chi connectivity index (χ2v) is 5.19. The van der Waals surface area contributed by atoms with Crippen LogP contribution >= 0.6 is 24.0 Å². The molecular weight excluding hydrogens is 409 g/mol. The van der Waals surface area contributed by atoms with Gasteiger partial charge in [-0.05, 0) is 18.1 Å². The van der Waals surface area contributed by atoms with Crippen LogP contribution in [-0.4, -0.2) is 40.9 Å². The van der Waals surface area contributed by atoms with Gasteiger partial charge >= 0.3 is 0 Å². The molecular formula is C16H28IN3O3. The van der Waals surface area contributed by atoms with Crippen LogP contribution in [0.2, 0.25) is 0 Å². The van der Waals surface area contributed by atoms with Crippen LogP contribution in [0.5, 0.6) is 17.2 Å². The second-order valence-electron chi connectivity index (χ2n) is 5.19. The van der Waals surface area contributed by atoms with Gasteiger partial charge in [0.25, 0.3) is 0 Å². The minimum atomic E-state index is 0. The van der Waals surface area contributed by atoms with Gasteiger partial charge in [-0.15, -0.1) is 24.0 Å². The summed E-state index contributed by atoms with van der Waals surface area (Å²) in [6.45, 7) is 5.74. The Morgan fingerprint density at radius 1 is 1.04 bits per heavy atom. The Balaban J connectivity index is 0.00000484. The number of hydrogen-bond acceptors (Lipinski definition) is 4. The number of hydrogen-bond donors (Lipinski definition) is 2. The van der Waals surface area contributed by atoms with E-state index >= 15 is 0 Å². The normalized spacial score (nSPS) is 10.8. The molecule has 0 bridgehead atoms. The molecule has 23 heavy (non-hydrogen) atoms. The van der Waals surface area contributed by atoms with Gasteiger partial charge in [-0.1, -0.05) is 13.8 Å². The van der Waals surface area contributed by atoms with Crippen molar-refractivity contribution in [3.63, 3.8) is 0 Å². The number of benzene rings is 1. The van der Waals surface area contributed by atoms with Crippen molar-refractivity contribution in [2.75, 3.05) is 34.9 Å². The van der Waals surface area contributed by atoms with Crippen molar-refractivity contribution in [2.45, 2.75) is 20.4 Å². The molecule has 0 fully saturated rings. The Bertz CT molecular complexity index is 508. The van der Waals surface area contributed by atoms with Crippen molar-refractivity contribution in [2.24, 2.45) is 10.9 Å². The second kappa shape index (κ2) is 11.2. The summed E-state index contributed by atoms with van der Waals surface area (Å²) in [5, 5.41) is 6.54. The summed E-state index contributed by atoms with van der Waals surface area (Å²) < 4.78 is 16.1. The Labute approximate surface area is 156 Å². The summed E-state index contributed by atoms with van der Waals surface area (Å²) in [5.74, 6) is 3.20. The number of methoxy groups -OCH3 is 3. The Hall–Kier alpha value is -1.38. The number of nitrogens with zero attached hydrogens (tertiary/aromatic N) is 1. The molecule has 0 heterocycles. The van der Waals surface area contributed by atoms with Crippen molar-refractivity contribution in [3.05, 3.63) is 17.7 Å². The molecule has 0 aliphatic carbocycles. The lowest BCUT2D eigenvalue weighted by atomic mass is 10.1. The first kappa shape index (κ1) is 21.6. The lowest BCUT2D eigenvalue weighted by Gasteiger charge is -2.17. The molecule has 0 amide bonds. The van der Waals surface area contributed by atoms with Crippen LogP contribution in [0.25, 0.3) is 0 Å². The van der Waals surface area contributed by atoms with E-state index in [1.807, 2.05) is 12.1 Å². The predicted molar refractivity (Wildman–Crippen MR) is 105 cm³/mol. The number of rotatable bonds is 7. The number of halogens is 1. The summed E-state index contributed by atoms with van der Waals surface area (Å²) in [6, 6.07) is 3.81. The molecule has 0 saturated carbocycles. The van der Waals surface area contributed by atoms with Crippen LogP contribution < -0.4 is 24.8 Å². The fraction of sp³-hybridized carbons (Fsp3) is 0.562. The minimum absolute atomic E-state index is 0. The molecule has 0 aliphatic rings. The molecule has 1 aromatic carbocycles. The van der Waals surface area contributed by atoms with Crippen molar-refractivity contribution < 1.29 is 14.2 Å². The van der Waals surface area contributed by atoms with Gasteiger partial charge in [-0.2, -0.15) is 0 Å². The van der Waals surface area contributed by atoms with Gasteiger partial charge in [0.2, 0.25) is 5.75 Å². The predicted octanol–water partition coefficient (Wildman–Crippen LogP) is 2.65. The molecule has 0 saturated heterocycles. The van der Waals surface area contributed by atoms with E-state index in [4.69, 9.17) is 14.2 Å². The average Bonchev–Trinajstić information content (AvgIpc) is 2.53. The van der Waals surface area contributed by atoms with Crippen LogP contribution in [-0.2, 0) is 6.54 Å². The van der Waals surface area contributed by atoms with Gasteiger partial charge in [0.15, 0.2) is 17.5 Å². The molecule has 2 N–H and O–H groups in total. The zero-order valence-electron chi connectivity index (χ0n) is 14.7. The summed E-state index contributed by atoms with van der Waals surface area (Å²) in [5.41, 5.74) is 0.965. The lowest BCUT2D eigenvalue weighted by molar-refractivity contribution is 0.322. The highest BCUT2D eigenvalue weighted by Gasteiger charge is 2.15. The maximum absolute atomic E-state index is 5.47. The van der Waals surface area contributed by atoms with Gasteiger partial charge in [0.05, 0.1) is 21.3 Å². The monoisotopic (exact) mass is 437 g/mol. The summed E-state index contributed by atoms with van der Waals surface area (Å²) in [6.07, 6.45) is 0. The molecule has 0 aromatic heterocycles. The highest BCUT2D eigenvalue weighted by Crippen LogP contribution is 2.39. The zero-order chi connectivity index (χ0) is 16.5. The van der Waals surface area contributed by atoms with Crippen molar-refractivity contribution in [1.29, 1.82) is 0 Å². The average molecular weight is 437 g/mol. The van der Waals surface area contributed by atoms with Crippen molar-refractivity contribution in [1.82, 2.24) is 10.6 Å². The maximum Gasteiger partial charge on any atom is 0.203 e. The maximum atomic E-state index is 5.47. The van der Waals surface area contributed by atoms with Gasteiger partial charge in [0.1, 0.15) is 0 Å². The molecule has 1 aromatic rings. The van der Waals surface area contributed by atoms with Crippen LogP contribution in [0, 0.1) is 5.92 Å². The largest absolute Gasteiger partial charge is 0.493 e. The molecule has 7 heteroatoms. The summed E-state index contributed by atoms with van der Waals surface area (Å²) >= 11 is 0. The first-order valence-electron chi connectivity index (χ1n) is 7.29. The fourth-order valence-electron chi connectivity index (χ4n) is 2.00. The van der Waals surface area contributed by atoms with E-state index in [1.165, 1.54) is 0 Å². The standard InChI is InChI=1S/C16H27N3O3.HI/c1-11(2)9-18-16(17-3)19-10-12-7-8-13(20-4)15(22-6)14(12)21-5;/h7-8,11H,9-10H2,1-6H3,(H2,17,18,19);1H. The van der Waals surface area contributed by atoms with Crippen LogP contribution in [0.1, 0.15) is 19.4 Å². The Morgan fingerprint density at radius 3 is 2.17 bits per heavy atom. The van der Waals surface area contributed by atoms with E-state index in [0.29, 0.717) is 29.7 Å². The third-order valence-corrected chi connectivity index (χ3v) is 3.13. The lowest BCUT2D eigenvalue weighted by Crippen LogP contribution is -2.38. The van der Waals surface area contributed by atoms with E-state index in [1.54, 1.807) is 28.4 Å². The van der Waals surface area contributed by atoms with Gasteiger partial charge < -0.3 is 24.8 Å². The highest BCUT2D eigenvalue weighted by atomic mass is 127. The van der Waals surface area contributed by atoms with E-state index in [-0.39, 0.29) is 24.0 Å². The number of ether oxygens (including phenoxy) is 3. The van der Waals surface area contributed by atoms with E-state index in [0.717, 1.165) is 18.1 Å². The van der Waals surface area contributed by atoms with Gasteiger partial charge in [0, 0.05) is 25.7 Å². The van der Waals surface area contributed by atoms with Crippen molar-refractivity contribution >= 4 is 29.9 Å². The first-order valence-corrected chi connectivity index (χ1v) is 7.29. The first-order chi connectivity index (χ1) is 10.6. The molecule has 0 radical (unpaired) electrons. The Morgan fingerprint density at radius 2 is 1.70 bits per heavy atom. The molecule has 0 aliphatic heterocycles. The molecule has 0 spiro atoms. The van der Waals surface area contributed by atoms with Crippen LogP contribution in [0.3, 0.4) is 0 Å². The van der Waals surface area contributed by atoms with Gasteiger partial charge in [-0.3, -0.25) is 4.99 Å². The van der Waals surface area contributed by atoms with Gasteiger partial charge in [-0.25, -0.2) is 0 Å². The molecule has 0 unspecified atom stereocenters. The summed E-state index contributed by atoms with van der Waals surface area (Å²) in [7, 11) is 6.57. The Kier molecular flexibility index (Phi) is 10.5. The number of nitrogens with one attached hydrogen (secondary N) is 2. The van der Waals surface area contributed by atoms with Crippen molar-refractivity contribution in [3.8, 4) is 17.2 Å². The smallest absolute Gasteiger partial charge is 0.203 e. The summed E-state index contributed by atoms with van der Waals surface area (Å²) in [4.78, 5) is 4.20. The molecule has 6 nitrogen and oxygen atoms in total. The SMILES string of the molecule is CN=C(NCc1ccc(OC)c(OC)c1OC)NCC(C)C.I. The topological polar surface area (TPSA) is 64.1 Å². The fourth-order valence-corrected chi connectivity index (χ4v) is 2.00. The van der Waals surface area contributed by atoms with E-state index in [9.17, 15) is 0 Å². The molecule has 132 valence electrons. The van der Waals surface area contributed by atoms with E-state index < -0.39 is 0 Å². The van der Waals surface area contributed by atoms with E-state index in [2.05, 4.69) is 29.5 Å². The third kappa shape index (κ3) is 6.32. The molecule has 0 atom stereocenters. The van der Waals surface area contributed by atoms with Crippen LogP contribution in [0.15, 0.2) is 17.1 Å².